The van der Waals surface area contributed by atoms with Crippen LogP contribution in [0.2, 0.25) is 5.15 Å². The molecule has 0 aromatic carbocycles. The van der Waals surface area contributed by atoms with E-state index in [0.717, 1.165) is 0 Å². The molecule has 0 bridgehead atoms. The maximum atomic E-state index is 12.0. The topological polar surface area (TPSA) is 87.7 Å². The number of anilines is 1. The number of hydrogen-bond donors (Lipinski definition) is 2. The first-order chi connectivity index (χ1) is 8.53. The minimum atomic E-state index is -3.72. The Balaban J connectivity index is 2.30. The van der Waals surface area contributed by atoms with Gasteiger partial charge in [0.1, 0.15) is 5.82 Å². The average Bonchev–Trinajstić information content (AvgIpc) is 2.81. The minimum absolute atomic E-state index is 0.000676. The van der Waals surface area contributed by atoms with E-state index in [1.807, 2.05) is 6.92 Å². The molecule has 0 spiro atoms. The minimum Gasteiger partial charge on any atom is -0.332 e. The number of sulfonamides is 1. The zero-order valence-corrected chi connectivity index (χ0v) is 11.1. The number of pyridine rings is 1. The molecule has 96 valence electrons. The van der Waals surface area contributed by atoms with Gasteiger partial charge in [0.25, 0.3) is 10.0 Å². The van der Waals surface area contributed by atoms with Crippen LogP contribution in [0.4, 0.5) is 5.69 Å². The SMILES string of the molecule is CCc1ncc(S(=O)(=O)Nc2cccnc2Cl)[nH]1. The molecular weight excluding hydrogens is 276 g/mol. The number of nitrogens with zero attached hydrogens (tertiary/aromatic N) is 2. The summed E-state index contributed by atoms with van der Waals surface area (Å²) in [5.41, 5.74) is 0.229. The lowest BCUT2D eigenvalue weighted by atomic mass is 10.4. The molecule has 6 nitrogen and oxygen atoms in total. The summed E-state index contributed by atoms with van der Waals surface area (Å²) in [6.45, 7) is 1.88. The summed E-state index contributed by atoms with van der Waals surface area (Å²) in [4.78, 5) is 10.5. The predicted octanol–water partition coefficient (Wildman–Crippen LogP) is 1.82. The van der Waals surface area contributed by atoms with Crippen molar-refractivity contribution in [2.45, 2.75) is 18.4 Å². The number of imidazole rings is 1. The molecule has 0 aliphatic heterocycles. The number of rotatable bonds is 4. The normalized spacial score (nSPS) is 11.4. The van der Waals surface area contributed by atoms with E-state index in [1.165, 1.54) is 18.5 Å². The molecular formula is C10H11ClN4O2S. The van der Waals surface area contributed by atoms with Crippen LogP contribution in [-0.4, -0.2) is 23.4 Å². The van der Waals surface area contributed by atoms with Gasteiger partial charge >= 0.3 is 0 Å². The summed E-state index contributed by atoms with van der Waals surface area (Å²) in [6, 6.07) is 3.12. The third kappa shape index (κ3) is 2.62. The number of hydrogen-bond acceptors (Lipinski definition) is 4. The van der Waals surface area contributed by atoms with Gasteiger partial charge in [0.15, 0.2) is 10.2 Å². The van der Waals surface area contributed by atoms with Crippen molar-refractivity contribution >= 4 is 27.3 Å². The monoisotopic (exact) mass is 286 g/mol. The lowest BCUT2D eigenvalue weighted by Gasteiger charge is -2.06. The van der Waals surface area contributed by atoms with Crippen LogP contribution in [0, 0.1) is 0 Å². The van der Waals surface area contributed by atoms with E-state index in [2.05, 4.69) is 19.7 Å². The van der Waals surface area contributed by atoms with Crippen molar-refractivity contribution in [3.8, 4) is 0 Å². The van der Waals surface area contributed by atoms with Gasteiger partial charge in [-0.2, -0.15) is 8.42 Å². The van der Waals surface area contributed by atoms with Crippen LogP contribution in [0.25, 0.3) is 0 Å². The molecule has 2 heterocycles. The Morgan fingerprint density at radius 3 is 2.83 bits per heavy atom. The van der Waals surface area contributed by atoms with Crippen LogP contribution in [0.3, 0.4) is 0 Å². The first-order valence-electron chi connectivity index (χ1n) is 5.20. The third-order valence-electron chi connectivity index (χ3n) is 2.23. The Labute approximate surface area is 109 Å². The fraction of sp³-hybridized carbons (Fsp3) is 0.200. The van der Waals surface area contributed by atoms with E-state index in [1.54, 1.807) is 6.07 Å². The first kappa shape index (κ1) is 12.8. The largest absolute Gasteiger partial charge is 0.332 e. The summed E-state index contributed by atoms with van der Waals surface area (Å²) in [7, 11) is -3.72. The lowest BCUT2D eigenvalue weighted by Crippen LogP contribution is -2.14. The Hall–Kier alpha value is -1.60. The van der Waals surface area contributed by atoms with Gasteiger partial charge in [-0.3, -0.25) is 4.72 Å². The summed E-state index contributed by atoms with van der Waals surface area (Å²) in [5.74, 6) is 0.604. The van der Waals surface area contributed by atoms with Gasteiger partial charge in [-0.1, -0.05) is 18.5 Å². The molecule has 2 aromatic rings. The van der Waals surface area contributed by atoms with Gasteiger partial charge < -0.3 is 4.98 Å². The van der Waals surface area contributed by atoms with Crippen molar-refractivity contribution in [3.63, 3.8) is 0 Å². The predicted molar refractivity (Wildman–Crippen MR) is 68.0 cm³/mol. The van der Waals surface area contributed by atoms with Crippen LogP contribution in [0.15, 0.2) is 29.6 Å². The van der Waals surface area contributed by atoms with E-state index in [4.69, 9.17) is 11.6 Å². The van der Waals surface area contributed by atoms with Crippen molar-refractivity contribution in [2.24, 2.45) is 0 Å². The molecule has 0 amide bonds. The number of aromatic nitrogens is 3. The molecule has 2 N–H and O–H groups in total. The van der Waals surface area contributed by atoms with Crippen molar-refractivity contribution < 1.29 is 8.42 Å². The van der Waals surface area contributed by atoms with Crippen molar-refractivity contribution in [2.75, 3.05) is 4.72 Å². The van der Waals surface area contributed by atoms with Crippen molar-refractivity contribution in [3.05, 3.63) is 35.5 Å². The molecule has 18 heavy (non-hydrogen) atoms. The number of halogens is 1. The highest BCUT2D eigenvalue weighted by Gasteiger charge is 2.18. The van der Waals surface area contributed by atoms with Gasteiger partial charge in [-0.15, -0.1) is 0 Å². The molecule has 0 aliphatic rings. The first-order valence-corrected chi connectivity index (χ1v) is 7.06. The van der Waals surface area contributed by atoms with Crippen LogP contribution in [-0.2, 0) is 16.4 Å². The van der Waals surface area contributed by atoms with Gasteiger partial charge in [0.05, 0.1) is 11.9 Å². The van der Waals surface area contributed by atoms with Crippen LogP contribution >= 0.6 is 11.6 Å². The summed E-state index contributed by atoms with van der Waals surface area (Å²) >= 11 is 5.79. The maximum Gasteiger partial charge on any atom is 0.279 e. The summed E-state index contributed by atoms with van der Waals surface area (Å²) in [5, 5.41) is 0.0931. The Morgan fingerprint density at radius 2 is 2.22 bits per heavy atom. The van der Waals surface area contributed by atoms with E-state index in [0.29, 0.717) is 12.2 Å². The Morgan fingerprint density at radius 1 is 1.44 bits per heavy atom. The van der Waals surface area contributed by atoms with Crippen LogP contribution < -0.4 is 4.72 Å². The van der Waals surface area contributed by atoms with Gasteiger partial charge in [0, 0.05) is 12.6 Å². The number of aromatic amines is 1. The molecule has 2 aromatic heterocycles. The molecule has 0 unspecified atom stereocenters. The van der Waals surface area contributed by atoms with E-state index >= 15 is 0 Å². The highest BCUT2D eigenvalue weighted by Crippen LogP contribution is 2.21. The van der Waals surface area contributed by atoms with Crippen molar-refractivity contribution in [1.29, 1.82) is 0 Å². The zero-order chi connectivity index (χ0) is 13.2. The molecule has 0 saturated heterocycles. The van der Waals surface area contributed by atoms with Crippen LogP contribution in [0.1, 0.15) is 12.7 Å². The van der Waals surface area contributed by atoms with Gasteiger partial charge in [0.2, 0.25) is 0 Å². The van der Waals surface area contributed by atoms with E-state index < -0.39 is 10.0 Å². The van der Waals surface area contributed by atoms with Crippen LogP contribution in [0.5, 0.6) is 0 Å². The number of nitrogens with one attached hydrogen (secondary N) is 2. The standard InChI is InChI=1S/C10H11ClN4O2S/c1-2-8-13-6-9(14-8)18(16,17)15-7-4-3-5-12-10(7)11/h3-6,15H,2H2,1H3,(H,13,14). The molecule has 8 heteroatoms. The smallest absolute Gasteiger partial charge is 0.279 e. The molecule has 0 radical (unpaired) electrons. The second-order valence-corrected chi connectivity index (χ2v) is 5.50. The highest BCUT2D eigenvalue weighted by molar-refractivity contribution is 7.92. The highest BCUT2D eigenvalue weighted by atomic mass is 35.5. The Bertz CT molecular complexity index is 653. The van der Waals surface area contributed by atoms with Crippen molar-refractivity contribution in [1.82, 2.24) is 15.0 Å². The zero-order valence-electron chi connectivity index (χ0n) is 9.51. The van der Waals surface area contributed by atoms with E-state index in [9.17, 15) is 8.42 Å². The molecule has 0 fully saturated rings. The van der Waals surface area contributed by atoms with E-state index in [-0.39, 0.29) is 15.9 Å². The summed E-state index contributed by atoms with van der Waals surface area (Å²) in [6.07, 6.45) is 3.38. The molecule has 2 rings (SSSR count). The van der Waals surface area contributed by atoms with Gasteiger partial charge in [-0.25, -0.2) is 9.97 Å². The Kier molecular flexibility index (Phi) is 3.53. The molecule has 0 atom stereocenters. The number of aryl methyl sites for hydroxylation is 1. The van der Waals surface area contributed by atoms with Gasteiger partial charge in [-0.05, 0) is 12.1 Å². The maximum absolute atomic E-state index is 12.0. The second kappa shape index (κ2) is 4.95. The number of H-pyrrole nitrogens is 1. The summed E-state index contributed by atoms with van der Waals surface area (Å²) < 4.78 is 26.4. The second-order valence-electron chi connectivity index (χ2n) is 3.49. The quantitative estimate of drug-likeness (QED) is 0.839. The molecule has 0 saturated carbocycles. The molecule has 0 aliphatic carbocycles. The third-order valence-corrected chi connectivity index (χ3v) is 3.81. The fourth-order valence-corrected chi connectivity index (χ4v) is 2.55. The average molecular weight is 287 g/mol. The lowest BCUT2D eigenvalue weighted by molar-refractivity contribution is 0.598. The fourth-order valence-electron chi connectivity index (χ4n) is 1.32.